The van der Waals surface area contributed by atoms with Crippen LogP contribution in [0.2, 0.25) is 0 Å². The first-order valence-corrected chi connectivity index (χ1v) is 32.3. The normalized spacial score (nSPS) is 13.6. The smallest absolute Gasteiger partial charge is 0.306 e. The topological polar surface area (TPSA) is 111 Å². The fourth-order valence-electron chi connectivity index (χ4n) is 8.89. The summed E-state index contributed by atoms with van der Waals surface area (Å²) in [7, 11) is 1.18. The predicted octanol–water partition coefficient (Wildman–Crippen LogP) is 18.7. The van der Waals surface area contributed by atoms with Gasteiger partial charge in [-0.3, -0.25) is 14.2 Å². The van der Waals surface area contributed by atoms with Crippen molar-refractivity contribution in [2.75, 3.05) is 47.5 Å². The van der Waals surface area contributed by atoms with Gasteiger partial charge in [0, 0.05) is 12.8 Å². The molecule has 0 spiro atoms. The first-order valence-electron chi connectivity index (χ1n) is 30.8. The standard InChI is InChI=1S/C63H118NO8P/c1-6-8-10-12-14-16-18-19-20-21-22-23-24-25-26-27-28-29-30-31-32-33-34-35-36-37-38-39-40-41-42-43-44-45-46-48-50-52-54-56-63(66)72-61(60-71-73(67,68)70-58-57-64(3,4)5)59-69-62(65)55-53-51-49-47-17-15-13-11-9-7-2/h8,10,14,16,19-20,22-23,61H,6-7,9,11-13,15,17-18,21,24-60H2,1-5H3/b10-8-,16-14-,20-19-,23-22-. The third-order valence-electron chi connectivity index (χ3n) is 13.6. The van der Waals surface area contributed by atoms with Gasteiger partial charge in [-0.15, -0.1) is 0 Å². The summed E-state index contributed by atoms with van der Waals surface area (Å²) >= 11 is 0. The lowest BCUT2D eigenvalue weighted by Crippen LogP contribution is -2.37. The lowest BCUT2D eigenvalue weighted by Gasteiger charge is -2.28. The molecule has 0 aromatic heterocycles. The molecular formula is C63H118NO8P. The number of carbonyl (C=O) groups is 2. The maximum atomic E-state index is 12.8. The molecule has 0 aromatic carbocycles. The number of esters is 2. The summed E-state index contributed by atoms with van der Waals surface area (Å²) in [6.07, 6.45) is 69.2. The lowest BCUT2D eigenvalue weighted by molar-refractivity contribution is -0.870. The number of carbonyl (C=O) groups excluding carboxylic acids is 2. The molecule has 2 unspecified atom stereocenters. The average Bonchev–Trinajstić information content (AvgIpc) is 3.35. The van der Waals surface area contributed by atoms with Gasteiger partial charge in [0.05, 0.1) is 27.7 Å². The number of likely N-dealkylation sites (N-methyl/N-ethyl adjacent to an activating group) is 1. The zero-order valence-electron chi connectivity index (χ0n) is 48.6. The van der Waals surface area contributed by atoms with E-state index in [1.54, 1.807) is 0 Å². The van der Waals surface area contributed by atoms with Gasteiger partial charge in [-0.1, -0.05) is 274 Å². The Bertz CT molecular complexity index is 1370. The van der Waals surface area contributed by atoms with Crippen molar-refractivity contribution in [3.8, 4) is 0 Å². The molecule has 10 heteroatoms. The summed E-state index contributed by atoms with van der Waals surface area (Å²) in [5, 5.41) is 0. The summed E-state index contributed by atoms with van der Waals surface area (Å²) in [5.41, 5.74) is 0. The van der Waals surface area contributed by atoms with Gasteiger partial charge in [-0.25, -0.2) is 0 Å². The molecule has 428 valence electrons. The van der Waals surface area contributed by atoms with Gasteiger partial charge in [0.25, 0.3) is 7.82 Å². The van der Waals surface area contributed by atoms with Crippen molar-refractivity contribution in [3.63, 3.8) is 0 Å². The van der Waals surface area contributed by atoms with Crippen molar-refractivity contribution in [3.05, 3.63) is 48.6 Å². The van der Waals surface area contributed by atoms with Crippen molar-refractivity contribution in [1.82, 2.24) is 0 Å². The number of ether oxygens (including phenoxy) is 2. The van der Waals surface area contributed by atoms with E-state index in [4.69, 9.17) is 18.5 Å². The van der Waals surface area contributed by atoms with Crippen LogP contribution in [0.1, 0.15) is 290 Å². The molecule has 0 saturated carbocycles. The molecule has 0 radical (unpaired) electrons. The van der Waals surface area contributed by atoms with Crippen LogP contribution in [0.15, 0.2) is 48.6 Å². The highest BCUT2D eigenvalue weighted by Crippen LogP contribution is 2.38. The zero-order valence-corrected chi connectivity index (χ0v) is 49.5. The first-order chi connectivity index (χ1) is 35.5. The predicted molar refractivity (Wildman–Crippen MR) is 310 cm³/mol. The maximum Gasteiger partial charge on any atom is 0.306 e. The van der Waals surface area contributed by atoms with E-state index in [-0.39, 0.29) is 32.0 Å². The number of unbranched alkanes of at least 4 members (excludes halogenated alkanes) is 35. The number of phosphoric acid groups is 1. The van der Waals surface area contributed by atoms with Crippen LogP contribution in [0.5, 0.6) is 0 Å². The van der Waals surface area contributed by atoms with Crippen LogP contribution in [0.3, 0.4) is 0 Å². The summed E-state index contributed by atoms with van der Waals surface area (Å²) in [6.45, 7) is 4.14. The van der Waals surface area contributed by atoms with E-state index in [1.807, 2.05) is 21.1 Å². The molecule has 0 saturated heterocycles. The molecule has 0 heterocycles. The molecule has 9 nitrogen and oxygen atoms in total. The molecule has 0 aromatic rings. The fourth-order valence-corrected chi connectivity index (χ4v) is 9.61. The third kappa shape index (κ3) is 59.1. The quantitative estimate of drug-likeness (QED) is 0.0195. The van der Waals surface area contributed by atoms with Gasteiger partial charge in [-0.2, -0.15) is 0 Å². The Morgan fingerprint density at radius 1 is 0.438 bits per heavy atom. The second kappa shape index (κ2) is 54.7. The van der Waals surface area contributed by atoms with E-state index in [0.29, 0.717) is 17.4 Å². The molecule has 0 bridgehead atoms. The monoisotopic (exact) mass is 1050 g/mol. The Morgan fingerprint density at radius 2 is 0.781 bits per heavy atom. The minimum atomic E-state index is -4.63. The largest absolute Gasteiger partial charge is 0.756 e. The van der Waals surface area contributed by atoms with Gasteiger partial charge < -0.3 is 27.9 Å². The number of nitrogens with zero attached hydrogens (tertiary/aromatic N) is 1. The van der Waals surface area contributed by atoms with Crippen molar-refractivity contribution in [2.24, 2.45) is 0 Å². The summed E-state index contributed by atoms with van der Waals surface area (Å²) < 4.78 is 34.1. The Hall–Kier alpha value is -2.03. The minimum absolute atomic E-state index is 0.0277. The highest BCUT2D eigenvalue weighted by Gasteiger charge is 2.22. The highest BCUT2D eigenvalue weighted by molar-refractivity contribution is 7.45. The van der Waals surface area contributed by atoms with Crippen LogP contribution >= 0.6 is 7.82 Å². The zero-order chi connectivity index (χ0) is 53.5. The Labute approximate surface area is 452 Å². The van der Waals surface area contributed by atoms with Crippen LogP contribution in [0.25, 0.3) is 0 Å². The van der Waals surface area contributed by atoms with Gasteiger partial charge in [0.1, 0.15) is 19.8 Å². The van der Waals surface area contributed by atoms with Crippen molar-refractivity contribution in [1.29, 1.82) is 0 Å². The fraction of sp³-hybridized carbons (Fsp3) is 0.841. The second-order valence-corrected chi connectivity index (χ2v) is 23.5. The number of quaternary nitrogens is 1. The van der Waals surface area contributed by atoms with Gasteiger partial charge >= 0.3 is 11.9 Å². The number of hydrogen-bond acceptors (Lipinski definition) is 8. The van der Waals surface area contributed by atoms with E-state index >= 15 is 0 Å². The first kappa shape index (κ1) is 71.0. The third-order valence-corrected chi connectivity index (χ3v) is 14.6. The molecule has 0 aliphatic rings. The number of phosphoric ester groups is 1. The molecule has 0 fully saturated rings. The van der Waals surface area contributed by atoms with E-state index in [0.717, 1.165) is 57.8 Å². The van der Waals surface area contributed by atoms with Crippen molar-refractivity contribution < 1.29 is 42.1 Å². The van der Waals surface area contributed by atoms with Gasteiger partial charge in [0.2, 0.25) is 0 Å². The second-order valence-electron chi connectivity index (χ2n) is 22.0. The lowest BCUT2D eigenvalue weighted by atomic mass is 10.0. The van der Waals surface area contributed by atoms with Crippen molar-refractivity contribution in [2.45, 2.75) is 296 Å². The minimum Gasteiger partial charge on any atom is -0.756 e. The molecule has 0 aliphatic heterocycles. The van der Waals surface area contributed by atoms with Gasteiger partial charge in [0.15, 0.2) is 6.10 Å². The number of rotatable bonds is 57. The molecule has 0 amide bonds. The van der Waals surface area contributed by atoms with Crippen LogP contribution in [-0.4, -0.2) is 70.0 Å². The SMILES string of the molecule is CC/C=C\C/C=C\C/C=C\C/C=C\CCCCCCCCCCCCCCCCCCCCCCCCCCCCC(=O)OC(COC(=O)CCCCCCCCCCCC)COP(=O)([O-])OCC[N+](C)(C)C. The summed E-state index contributed by atoms with van der Waals surface area (Å²) in [4.78, 5) is 37.7. The number of allylic oxidation sites excluding steroid dienone is 8. The van der Waals surface area contributed by atoms with E-state index in [9.17, 15) is 19.0 Å². The van der Waals surface area contributed by atoms with Crippen LogP contribution in [0.4, 0.5) is 0 Å². The maximum absolute atomic E-state index is 12.8. The Kier molecular flexibility index (Phi) is 53.2. The summed E-state index contributed by atoms with van der Waals surface area (Å²) in [5.74, 6) is -0.821. The van der Waals surface area contributed by atoms with Gasteiger partial charge in [-0.05, 0) is 51.4 Å². The Morgan fingerprint density at radius 3 is 1.16 bits per heavy atom. The molecule has 0 rings (SSSR count). The van der Waals surface area contributed by atoms with Crippen LogP contribution < -0.4 is 4.89 Å². The highest BCUT2D eigenvalue weighted by atomic mass is 31.2. The Balaban J connectivity index is 3.82. The van der Waals surface area contributed by atoms with Crippen LogP contribution in [-0.2, 0) is 32.7 Å². The summed E-state index contributed by atoms with van der Waals surface area (Å²) in [6, 6.07) is 0. The number of hydrogen-bond donors (Lipinski definition) is 0. The molecule has 0 N–H and O–H groups in total. The molecular weight excluding hydrogens is 930 g/mol. The average molecular weight is 1050 g/mol. The van der Waals surface area contributed by atoms with E-state index in [1.165, 1.54) is 199 Å². The molecule has 73 heavy (non-hydrogen) atoms. The van der Waals surface area contributed by atoms with E-state index in [2.05, 4.69) is 62.5 Å². The van der Waals surface area contributed by atoms with E-state index < -0.39 is 26.5 Å². The molecule has 0 aliphatic carbocycles. The van der Waals surface area contributed by atoms with Crippen molar-refractivity contribution >= 4 is 19.8 Å². The molecule has 2 atom stereocenters. The van der Waals surface area contributed by atoms with Crippen LogP contribution in [0, 0.1) is 0 Å².